The van der Waals surface area contributed by atoms with Gasteiger partial charge in [-0.25, -0.2) is 0 Å². The number of hydrogen-bond donors (Lipinski definition) is 0. The van der Waals surface area contributed by atoms with Gasteiger partial charge < -0.3 is 4.74 Å². The number of carbonyl (C=O) groups excluding carboxylic acids is 1. The van der Waals surface area contributed by atoms with Gasteiger partial charge in [-0.15, -0.1) is 0 Å². The monoisotopic (exact) mass is 165 g/mol. The zero-order valence-corrected chi connectivity index (χ0v) is 7.63. The molecule has 0 bridgehead atoms. The first-order valence-electron chi connectivity index (χ1n) is 3.80. The molecule has 1 aromatic rings. The lowest BCUT2D eigenvalue weighted by Gasteiger charge is -1.97. The Morgan fingerprint density at radius 2 is 1.83 bits per heavy atom. The third-order valence-electron chi connectivity index (χ3n) is 1.80. The van der Waals surface area contributed by atoms with E-state index >= 15 is 0 Å². The summed E-state index contributed by atoms with van der Waals surface area (Å²) in [4.78, 5) is 0. The minimum atomic E-state index is 0.864. The SMILES string of the molecule is COc1ccc(C(C)=[O+]C)cc1. The molecule has 0 aliphatic heterocycles. The van der Waals surface area contributed by atoms with Gasteiger partial charge in [-0.05, 0) is 24.3 Å². The minimum absolute atomic E-state index is 0.864. The van der Waals surface area contributed by atoms with Crippen molar-refractivity contribution in [1.82, 2.24) is 0 Å². The lowest BCUT2D eigenvalue weighted by molar-refractivity contribution is -0.224. The van der Waals surface area contributed by atoms with E-state index in [1.165, 1.54) is 0 Å². The fraction of sp³-hybridized carbons (Fsp3) is 0.300. The highest BCUT2D eigenvalue weighted by Gasteiger charge is 2.05. The summed E-state index contributed by atoms with van der Waals surface area (Å²) in [6.07, 6.45) is 0. The Labute approximate surface area is 72.5 Å². The van der Waals surface area contributed by atoms with Gasteiger partial charge in [-0.2, -0.15) is 0 Å². The highest BCUT2D eigenvalue weighted by Crippen LogP contribution is 2.11. The molecular weight excluding hydrogens is 152 g/mol. The van der Waals surface area contributed by atoms with Crippen molar-refractivity contribution in [2.45, 2.75) is 6.92 Å². The molecular formula is C10H13O2+. The van der Waals surface area contributed by atoms with E-state index in [1.54, 1.807) is 14.2 Å². The molecule has 0 atom stereocenters. The number of ether oxygens (including phenoxy) is 1. The summed E-state index contributed by atoms with van der Waals surface area (Å²) in [5.74, 6) is 1.78. The largest absolute Gasteiger partial charge is 0.497 e. The molecule has 1 rings (SSSR count). The van der Waals surface area contributed by atoms with Crippen molar-refractivity contribution in [2.75, 3.05) is 14.2 Å². The van der Waals surface area contributed by atoms with E-state index in [2.05, 4.69) is 0 Å². The third kappa shape index (κ3) is 1.84. The first-order chi connectivity index (χ1) is 5.77. The van der Waals surface area contributed by atoms with Crippen LogP contribution in [0.25, 0.3) is 0 Å². The topological polar surface area (TPSA) is 20.5 Å². The van der Waals surface area contributed by atoms with E-state index in [0.717, 1.165) is 17.1 Å². The van der Waals surface area contributed by atoms with Crippen molar-refractivity contribution < 1.29 is 9.16 Å². The van der Waals surface area contributed by atoms with Gasteiger partial charge in [0.2, 0.25) is 0 Å². The Hall–Kier alpha value is -1.31. The van der Waals surface area contributed by atoms with Crippen molar-refractivity contribution in [3.63, 3.8) is 0 Å². The number of methoxy groups -OCH3 is 1. The fourth-order valence-corrected chi connectivity index (χ4v) is 0.944. The van der Waals surface area contributed by atoms with Crippen molar-refractivity contribution >= 4 is 5.78 Å². The Bertz CT molecular complexity index is 272. The van der Waals surface area contributed by atoms with Crippen molar-refractivity contribution in [1.29, 1.82) is 0 Å². The van der Waals surface area contributed by atoms with Crippen LogP contribution in [0.15, 0.2) is 24.3 Å². The normalized spacial score (nSPS) is 11.4. The predicted molar refractivity (Wildman–Crippen MR) is 48.9 cm³/mol. The van der Waals surface area contributed by atoms with E-state index in [9.17, 15) is 0 Å². The summed E-state index contributed by atoms with van der Waals surface area (Å²) in [7, 11) is 3.32. The molecule has 0 unspecified atom stereocenters. The van der Waals surface area contributed by atoms with Crippen LogP contribution in [-0.2, 0) is 0 Å². The second kappa shape index (κ2) is 3.90. The first-order valence-corrected chi connectivity index (χ1v) is 3.80. The number of hydrogen-bond acceptors (Lipinski definition) is 1. The molecule has 2 heteroatoms. The fourth-order valence-electron chi connectivity index (χ4n) is 0.944. The van der Waals surface area contributed by atoms with Crippen LogP contribution < -0.4 is 4.74 Å². The highest BCUT2D eigenvalue weighted by atomic mass is 16.5. The van der Waals surface area contributed by atoms with Gasteiger partial charge >= 0.3 is 5.78 Å². The zero-order chi connectivity index (χ0) is 8.97. The summed E-state index contributed by atoms with van der Waals surface area (Å²) in [5.41, 5.74) is 1.08. The minimum Gasteiger partial charge on any atom is -0.497 e. The number of benzene rings is 1. The van der Waals surface area contributed by atoms with E-state index in [0.29, 0.717) is 0 Å². The maximum absolute atomic E-state index is 5.09. The number of rotatable bonds is 2. The summed E-state index contributed by atoms with van der Waals surface area (Å²) < 4.78 is 10.1. The molecule has 0 amide bonds. The molecule has 0 fully saturated rings. The summed E-state index contributed by atoms with van der Waals surface area (Å²) in [6, 6.07) is 7.77. The second-order valence-corrected chi connectivity index (χ2v) is 2.49. The van der Waals surface area contributed by atoms with Crippen LogP contribution in [0.3, 0.4) is 0 Å². The van der Waals surface area contributed by atoms with E-state index in [-0.39, 0.29) is 0 Å². The molecule has 0 N–H and O–H groups in total. The molecule has 12 heavy (non-hydrogen) atoms. The molecule has 0 aliphatic rings. The molecule has 0 aliphatic carbocycles. The van der Waals surface area contributed by atoms with Crippen LogP contribution in [0, 0.1) is 0 Å². The lowest BCUT2D eigenvalue weighted by atomic mass is 10.1. The Morgan fingerprint density at radius 3 is 2.25 bits per heavy atom. The smallest absolute Gasteiger partial charge is 0.323 e. The van der Waals surface area contributed by atoms with Gasteiger partial charge in [-0.3, -0.25) is 4.42 Å². The Morgan fingerprint density at radius 1 is 1.25 bits per heavy atom. The second-order valence-electron chi connectivity index (χ2n) is 2.49. The molecule has 0 radical (unpaired) electrons. The summed E-state index contributed by atoms with van der Waals surface area (Å²) in [6.45, 7) is 1.93. The molecule has 0 heterocycles. The Balaban J connectivity index is 2.92. The molecule has 0 aromatic heterocycles. The van der Waals surface area contributed by atoms with Gasteiger partial charge in [0.05, 0.1) is 19.6 Å². The summed E-state index contributed by atoms with van der Waals surface area (Å²) in [5, 5.41) is 0. The average Bonchev–Trinajstić information content (AvgIpc) is 2.17. The number of ketones is 1. The highest BCUT2D eigenvalue weighted by molar-refractivity contribution is 5.94. The Kier molecular flexibility index (Phi) is 2.86. The summed E-state index contributed by atoms with van der Waals surface area (Å²) >= 11 is 0. The maximum atomic E-state index is 5.09. The van der Waals surface area contributed by atoms with Crippen LogP contribution in [0.5, 0.6) is 5.75 Å². The molecule has 0 saturated carbocycles. The van der Waals surface area contributed by atoms with E-state index in [4.69, 9.17) is 9.16 Å². The van der Waals surface area contributed by atoms with Gasteiger partial charge in [0.1, 0.15) is 5.75 Å². The van der Waals surface area contributed by atoms with Gasteiger partial charge in [0.15, 0.2) is 0 Å². The van der Waals surface area contributed by atoms with Crippen LogP contribution in [-0.4, -0.2) is 20.0 Å². The lowest BCUT2D eigenvalue weighted by Crippen LogP contribution is -1.94. The zero-order valence-electron chi connectivity index (χ0n) is 7.63. The van der Waals surface area contributed by atoms with Gasteiger partial charge in [-0.1, -0.05) is 0 Å². The van der Waals surface area contributed by atoms with Crippen LogP contribution in [0.4, 0.5) is 0 Å². The first kappa shape index (κ1) is 8.78. The van der Waals surface area contributed by atoms with E-state index in [1.807, 2.05) is 31.2 Å². The molecule has 1 aromatic carbocycles. The molecule has 0 spiro atoms. The predicted octanol–water partition coefficient (Wildman–Crippen LogP) is 2.06. The van der Waals surface area contributed by atoms with Crippen LogP contribution >= 0.6 is 0 Å². The van der Waals surface area contributed by atoms with Crippen LogP contribution in [0.1, 0.15) is 16.9 Å². The van der Waals surface area contributed by atoms with Crippen LogP contribution in [0.2, 0.25) is 0 Å². The third-order valence-corrected chi connectivity index (χ3v) is 1.80. The van der Waals surface area contributed by atoms with Gasteiger partial charge in [0, 0.05) is 0 Å². The van der Waals surface area contributed by atoms with Crippen molar-refractivity contribution in [2.24, 2.45) is 0 Å². The quantitative estimate of drug-likeness (QED) is 0.485. The molecule has 0 saturated heterocycles. The van der Waals surface area contributed by atoms with Crippen molar-refractivity contribution in [3.8, 4) is 5.75 Å². The van der Waals surface area contributed by atoms with Crippen molar-refractivity contribution in [3.05, 3.63) is 29.8 Å². The average molecular weight is 165 g/mol. The van der Waals surface area contributed by atoms with Gasteiger partial charge in [0.25, 0.3) is 7.11 Å². The maximum Gasteiger partial charge on any atom is 0.323 e. The molecule has 2 nitrogen and oxygen atoms in total. The van der Waals surface area contributed by atoms with E-state index < -0.39 is 0 Å². The molecule has 64 valence electrons. The standard InChI is InChI=1S/C10H13O2/c1-8(11-2)9-4-6-10(12-3)7-5-9/h4-7H,1-3H3/q+1.